The number of rotatable bonds is 7. The number of morpholine rings is 1. The van der Waals surface area contributed by atoms with Gasteiger partial charge in [0, 0.05) is 13.1 Å². The van der Waals surface area contributed by atoms with Crippen LogP contribution in [0.2, 0.25) is 5.02 Å². The molecule has 2 aromatic rings. The predicted octanol–water partition coefficient (Wildman–Crippen LogP) is 1.14. The molecular weight excluding hydrogens is 502 g/mol. The molecule has 1 fully saturated rings. The number of ether oxygens (including phenoxy) is 2. The van der Waals surface area contributed by atoms with E-state index < -0.39 is 46.9 Å². The van der Waals surface area contributed by atoms with E-state index in [9.17, 15) is 27.6 Å². The minimum absolute atomic E-state index is 0.0161. The van der Waals surface area contributed by atoms with Crippen LogP contribution < -0.4 is 5.32 Å². The van der Waals surface area contributed by atoms with Crippen LogP contribution in [0, 0.1) is 0 Å². The Balaban J connectivity index is 1.35. The van der Waals surface area contributed by atoms with E-state index in [0.717, 1.165) is 4.90 Å². The number of imide groups is 1. The maximum absolute atomic E-state index is 12.8. The first-order chi connectivity index (χ1) is 16.7. The number of esters is 1. The molecule has 2 aliphatic heterocycles. The van der Waals surface area contributed by atoms with Crippen molar-refractivity contribution in [2.45, 2.75) is 4.90 Å². The van der Waals surface area contributed by atoms with Crippen molar-refractivity contribution in [2.24, 2.45) is 0 Å². The van der Waals surface area contributed by atoms with Crippen LogP contribution in [0.1, 0.15) is 20.7 Å². The SMILES string of the molecule is O=C(COC(=O)CN1C(=O)c2ccccc2C1=O)Nc1cc(S(=O)(=O)N2CCOCC2)ccc1Cl. The molecule has 13 heteroatoms. The molecule has 0 aliphatic carbocycles. The second kappa shape index (κ2) is 10.1. The molecule has 3 amide bonds. The second-order valence-corrected chi connectivity index (χ2v) is 9.95. The number of fused-ring (bicyclic) bond motifs is 1. The number of hydrogen-bond donors (Lipinski definition) is 1. The van der Waals surface area contributed by atoms with Crippen LogP contribution in [-0.4, -0.2) is 80.8 Å². The molecule has 11 nitrogen and oxygen atoms in total. The van der Waals surface area contributed by atoms with Gasteiger partial charge in [-0.15, -0.1) is 0 Å². The standard InChI is InChI=1S/C22H20ClN3O8S/c23-17-6-5-14(35(31,32)25-7-9-33-10-8-25)11-18(17)24-19(27)13-34-20(28)12-26-21(29)15-3-1-2-4-16(15)22(26)30/h1-6,11H,7-10,12-13H2,(H,24,27). The zero-order chi connectivity index (χ0) is 25.2. The van der Waals surface area contributed by atoms with Crippen molar-refractivity contribution in [1.29, 1.82) is 0 Å². The molecule has 2 aromatic carbocycles. The summed E-state index contributed by atoms with van der Waals surface area (Å²) in [6.07, 6.45) is 0. The molecule has 0 radical (unpaired) electrons. The van der Waals surface area contributed by atoms with Gasteiger partial charge in [0.15, 0.2) is 6.61 Å². The normalized spacial score (nSPS) is 16.2. The first-order valence-corrected chi connectivity index (χ1v) is 12.3. The Morgan fingerprint density at radius 3 is 2.29 bits per heavy atom. The highest BCUT2D eigenvalue weighted by Gasteiger charge is 2.36. The first kappa shape index (κ1) is 24.8. The Kier molecular flexibility index (Phi) is 7.17. The fraction of sp³-hybridized carbons (Fsp3) is 0.273. The molecule has 2 aliphatic rings. The first-order valence-electron chi connectivity index (χ1n) is 10.5. The predicted molar refractivity (Wildman–Crippen MR) is 122 cm³/mol. The van der Waals surface area contributed by atoms with Crippen molar-refractivity contribution in [3.63, 3.8) is 0 Å². The monoisotopic (exact) mass is 521 g/mol. The molecule has 184 valence electrons. The lowest BCUT2D eigenvalue weighted by Gasteiger charge is -2.26. The lowest BCUT2D eigenvalue weighted by atomic mass is 10.1. The number of sulfonamides is 1. The molecule has 1 saturated heterocycles. The quantitative estimate of drug-likeness (QED) is 0.422. The van der Waals surface area contributed by atoms with Gasteiger partial charge in [-0.25, -0.2) is 8.42 Å². The molecule has 4 rings (SSSR count). The highest BCUT2D eigenvalue weighted by atomic mass is 35.5. The lowest BCUT2D eigenvalue weighted by molar-refractivity contribution is -0.147. The summed E-state index contributed by atoms with van der Waals surface area (Å²) in [5.41, 5.74) is 0.386. The van der Waals surface area contributed by atoms with Crippen molar-refractivity contribution < 1.29 is 37.1 Å². The van der Waals surface area contributed by atoms with E-state index in [4.69, 9.17) is 21.1 Å². The molecular formula is C22H20ClN3O8S. The molecule has 0 aromatic heterocycles. The van der Waals surface area contributed by atoms with Crippen LogP contribution in [0.4, 0.5) is 5.69 Å². The van der Waals surface area contributed by atoms with E-state index in [1.165, 1.54) is 34.6 Å². The van der Waals surface area contributed by atoms with E-state index >= 15 is 0 Å². The maximum atomic E-state index is 12.8. The fourth-order valence-corrected chi connectivity index (χ4v) is 5.19. The van der Waals surface area contributed by atoms with Gasteiger partial charge in [-0.05, 0) is 30.3 Å². The van der Waals surface area contributed by atoms with Gasteiger partial charge in [-0.3, -0.25) is 24.1 Å². The van der Waals surface area contributed by atoms with E-state index in [1.54, 1.807) is 12.1 Å². The number of carbonyl (C=O) groups is 4. The summed E-state index contributed by atoms with van der Waals surface area (Å²) in [5, 5.41) is 2.48. The van der Waals surface area contributed by atoms with Crippen molar-refractivity contribution in [2.75, 3.05) is 44.8 Å². The van der Waals surface area contributed by atoms with Crippen LogP contribution in [0.5, 0.6) is 0 Å². The Labute approximate surface area is 205 Å². The van der Waals surface area contributed by atoms with Gasteiger partial charge < -0.3 is 14.8 Å². The minimum atomic E-state index is -3.82. The van der Waals surface area contributed by atoms with Crippen molar-refractivity contribution in [3.05, 3.63) is 58.6 Å². The third-order valence-corrected chi connectivity index (χ3v) is 7.57. The molecule has 1 N–H and O–H groups in total. The van der Waals surface area contributed by atoms with Crippen LogP contribution >= 0.6 is 11.6 Å². The fourth-order valence-electron chi connectivity index (χ4n) is 3.59. The number of halogens is 1. The zero-order valence-electron chi connectivity index (χ0n) is 18.2. The number of benzene rings is 2. The molecule has 2 heterocycles. The van der Waals surface area contributed by atoms with E-state index in [1.807, 2.05) is 0 Å². The van der Waals surface area contributed by atoms with Crippen LogP contribution in [-0.2, 0) is 29.1 Å². The Hall–Kier alpha value is -3.32. The van der Waals surface area contributed by atoms with Gasteiger partial charge >= 0.3 is 5.97 Å². The Morgan fingerprint density at radius 2 is 1.66 bits per heavy atom. The third kappa shape index (κ3) is 5.20. The minimum Gasteiger partial charge on any atom is -0.454 e. The summed E-state index contributed by atoms with van der Waals surface area (Å²) in [7, 11) is -3.82. The van der Waals surface area contributed by atoms with Gasteiger partial charge in [0.05, 0.1) is 39.9 Å². The van der Waals surface area contributed by atoms with Gasteiger partial charge in [-0.1, -0.05) is 23.7 Å². The lowest BCUT2D eigenvalue weighted by Crippen LogP contribution is -2.40. The van der Waals surface area contributed by atoms with Gasteiger partial charge in [0.25, 0.3) is 17.7 Å². The summed E-state index contributed by atoms with van der Waals surface area (Å²) < 4.78 is 37.0. The number of carbonyl (C=O) groups excluding carboxylic acids is 4. The number of nitrogens with zero attached hydrogens (tertiary/aromatic N) is 2. The molecule has 35 heavy (non-hydrogen) atoms. The zero-order valence-corrected chi connectivity index (χ0v) is 19.8. The van der Waals surface area contributed by atoms with Gasteiger partial charge in [0.1, 0.15) is 6.54 Å². The van der Waals surface area contributed by atoms with Crippen molar-refractivity contribution >= 4 is 51.0 Å². The number of hydrogen-bond acceptors (Lipinski definition) is 8. The van der Waals surface area contributed by atoms with Gasteiger partial charge in [0.2, 0.25) is 10.0 Å². The van der Waals surface area contributed by atoms with E-state index in [2.05, 4.69) is 5.32 Å². The van der Waals surface area contributed by atoms with Crippen LogP contribution in [0.15, 0.2) is 47.4 Å². The van der Waals surface area contributed by atoms with Crippen molar-refractivity contribution in [3.8, 4) is 0 Å². The number of nitrogens with one attached hydrogen (secondary N) is 1. The summed E-state index contributed by atoms with van der Waals surface area (Å²) >= 11 is 6.10. The third-order valence-electron chi connectivity index (χ3n) is 5.35. The molecule has 0 saturated carbocycles. The molecule has 0 bridgehead atoms. The highest BCUT2D eigenvalue weighted by molar-refractivity contribution is 7.89. The average Bonchev–Trinajstić information content (AvgIpc) is 3.09. The van der Waals surface area contributed by atoms with E-state index in [0.29, 0.717) is 0 Å². The molecule has 0 unspecified atom stereocenters. The topological polar surface area (TPSA) is 139 Å². The Bertz CT molecular complexity index is 1270. The van der Waals surface area contributed by atoms with Crippen molar-refractivity contribution in [1.82, 2.24) is 9.21 Å². The number of anilines is 1. The summed E-state index contributed by atoms with van der Waals surface area (Å²) in [5.74, 6) is -3.01. The second-order valence-electron chi connectivity index (χ2n) is 7.61. The average molecular weight is 522 g/mol. The highest BCUT2D eigenvalue weighted by Crippen LogP contribution is 2.27. The van der Waals surface area contributed by atoms with Crippen LogP contribution in [0.3, 0.4) is 0 Å². The van der Waals surface area contributed by atoms with E-state index in [-0.39, 0.29) is 53.0 Å². The summed E-state index contributed by atoms with van der Waals surface area (Å²) in [6.45, 7) is -0.428. The number of amides is 3. The summed E-state index contributed by atoms with van der Waals surface area (Å²) in [6, 6.07) is 10.0. The molecule has 0 spiro atoms. The largest absolute Gasteiger partial charge is 0.454 e. The Morgan fingerprint density at radius 1 is 1.03 bits per heavy atom. The summed E-state index contributed by atoms with van der Waals surface area (Å²) in [4.78, 5) is 49.8. The molecule has 0 atom stereocenters. The van der Waals surface area contributed by atoms with Crippen LogP contribution in [0.25, 0.3) is 0 Å². The van der Waals surface area contributed by atoms with Gasteiger partial charge in [-0.2, -0.15) is 4.31 Å². The maximum Gasteiger partial charge on any atom is 0.326 e. The smallest absolute Gasteiger partial charge is 0.326 e.